The van der Waals surface area contributed by atoms with Crippen LogP contribution in [0.3, 0.4) is 0 Å². The van der Waals surface area contributed by atoms with Crippen molar-refractivity contribution in [2.45, 2.75) is 65.7 Å². The molecule has 0 radical (unpaired) electrons. The number of aromatic nitrogens is 5. The highest BCUT2D eigenvalue weighted by Gasteiger charge is 2.25. The fraction of sp³-hybridized carbons (Fsp3) is 0.435. The number of aryl methyl sites for hydroxylation is 2. The van der Waals surface area contributed by atoms with Gasteiger partial charge in [0, 0.05) is 24.5 Å². The fourth-order valence-electron chi connectivity index (χ4n) is 3.80. The monoisotopic (exact) mass is 375 g/mol. The molecule has 0 amide bonds. The Hall–Kier alpha value is -2.69. The van der Waals surface area contributed by atoms with Crippen LogP contribution in [0.1, 0.15) is 63.0 Å². The molecule has 0 aliphatic rings. The van der Waals surface area contributed by atoms with Crippen LogP contribution >= 0.6 is 0 Å². The second-order valence-electron chi connectivity index (χ2n) is 9.49. The van der Waals surface area contributed by atoms with Crippen molar-refractivity contribution in [3.63, 3.8) is 0 Å². The number of hydrogen-bond acceptors (Lipinski definition) is 3. The normalized spacial score (nSPS) is 13.0. The Morgan fingerprint density at radius 2 is 1.46 bits per heavy atom. The highest BCUT2D eigenvalue weighted by Crippen LogP contribution is 2.30. The predicted octanol–water partition coefficient (Wildman–Crippen LogP) is 4.81. The van der Waals surface area contributed by atoms with E-state index in [2.05, 4.69) is 92.8 Å². The Morgan fingerprint density at radius 3 is 2.18 bits per heavy atom. The van der Waals surface area contributed by atoms with Gasteiger partial charge in [0.2, 0.25) is 0 Å². The summed E-state index contributed by atoms with van der Waals surface area (Å²) in [5.74, 6) is 0.908. The molecule has 4 heterocycles. The Labute approximate surface area is 166 Å². The number of imidazole rings is 1. The summed E-state index contributed by atoms with van der Waals surface area (Å²) in [6.07, 6.45) is 5.09. The molecule has 0 saturated heterocycles. The number of hydrogen-bond donors (Lipinski definition) is 0. The summed E-state index contributed by atoms with van der Waals surface area (Å²) in [4.78, 5) is 4.99. The van der Waals surface area contributed by atoms with Gasteiger partial charge in [-0.15, -0.1) is 10.2 Å². The lowest BCUT2D eigenvalue weighted by atomic mass is 9.80. The average Bonchev–Trinajstić information content (AvgIpc) is 3.14. The average molecular weight is 376 g/mol. The SMILES string of the molecule is Cc1nnc2cc(C(C)(C)Cc3nc4cc(C(C)(C)C)ccn4c3C)ccn12. The van der Waals surface area contributed by atoms with Crippen LogP contribution in [0.4, 0.5) is 0 Å². The Balaban J connectivity index is 1.71. The third kappa shape index (κ3) is 3.09. The van der Waals surface area contributed by atoms with E-state index in [1.165, 1.54) is 16.8 Å². The van der Waals surface area contributed by atoms with Crippen LogP contribution < -0.4 is 0 Å². The summed E-state index contributed by atoms with van der Waals surface area (Å²) >= 11 is 0. The molecular formula is C23H29N5. The smallest absolute Gasteiger partial charge is 0.161 e. The number of fused-ring (bicyclic) bond motifs is 2. The van der Waals surface area contributed by atoms with E-state index in [4.69, 9.17) is 4.98 Å². The summed E-state index contributed by atoms with van der Waals surface area (Å²) in [6.45, 7) is 15.4. The van der Waals surface area contributed by atoms with Crippen LogP contribution in [0.15, 0.2) is 36.7 Å². The molecule has 5 nitrogen and oxygen atoms in total. The molecule has 0 bridgehead atoms. The minimum absolute atomic E-state index is 0.0584. The first kappa shape index (κ1) is 18.7. The lowest BCUT2D eigenvalue weighted by Gasteiger charge is -2.24. The minimum atomic E-state index is -0.0584. The second-order valence-corrected chi connectivity index (χ2v) is 9.49. The molecule has 0 fully saturated rings. The van der Waals surface area contributed by atoms with Crippen molar-refractivity contribution >= 4 is 11.3 Å². The van der Waals surface area contributed by atoms with Gasteiger partial charge in [0.05, 0.1) is 5.69 Å². The van der Waals surface area contributed by atoms with Crippen LogP contribution in [0.25, 0.3) is 11.3 Å². The lowest BCUT2D eigenvalue weighted by Crippen LogP contribution is -2.21. The van der Waals surface area contributed by atoms with E-state index < -0.39 is 0 Å². The molecule has 0 aliphatic heterocycles. The third-order valence-corrected chi connectivity index (χ3v) is 5.80. The van der Waals surface area contributed by atoms with Gasteiger partial charge in [-0.2, -0.15) is 0 Å². The van der Waals surface area contributed by atoms with Gasteiger partial charge < -0.3 is 4.40 Å². The lowest BCUT2D eigenvalue weighted by molar-refractivity contribution is 0.514. The summed E-state index contributed by atoms with van der Waals surface area (Å²) in [5.41, 5.74) is 6.90. The largest absolute Gasteiger partial charge is 0.304 e. The Morgan fingerprint density at radius 1 is 0.821 bits per heavy atom. The van der Waals surface area contributed by atoms with Gasteiger partial charge >= 0.3 is 0 Å². The van der Waals surface area contributed by atoms with Crippen LogP contribution in [-0.4, -0.2) is 24.0 Å². The summed E-state index contributed by atoms with van der Waals surface area (Å²) < 4.78 is 4.22. The van der Waals surface area contributed by atoms with Crippen molar-refractivity contribution in [1.82, 2.24) is 24.0 Å². The molecule has 4 aromatic rings. The first-order valence-corrected chi connectivity index (χ1v) is 9.86. The third-order valence-electron chi connectivity index (χ3n) is 5.80. The molecule has 4 aromatic heterocycles. The van der Waals surface area contributed by atoms with E-state index in [1.807, 2.05) is 11.3 Å². The van der Waals surface area contributed by atoms with Gasteiger partial charge in [-0.25, -0.2) is 4.98 Å². The van der Waals surface area contributed by atoms with E-state index in [1.54, 1.807) is 0 Å². The van der Waals surface area contributed by atoms with Crippen molar-refractivity contribution in [2.75, 3.05) is 0 Å². The predicted molar refractivity (Wildman–Crippen MR) is 113 cm³/mol. The topological polar surface area (TPSA) is 47.5 Å². The Bertz CT molecular complexity index is 1170. The van der Waals surface area contributed by atoms with Gasteiger partial charge in [0.25, 0.3) is 0 Å². The van der Waals surface area contributed by atoms with Gasteiger partial charge in [0.15, 0.2) is 5.65 Å². The van der Waals surface area contributed by atoms with Crippen molar-refractivity contribution in [2.24, 2.45) is 0 Å². The molecule has 0 atom stereocenters. The van der Waals surface area contributed by atoms with E-state index in [-0.39, 0.29) is 10.8 Å². The first-order chi connectivity index (χ1) is 13.1. The van der Waals surface area contributed by atoms with Crippen LogP contribution in [0.5, 0.6) is 0 Å². The van der Waals surface area contributed by atoms with Gasteiger partial charge in [-0.3, -0.25) is 4.40 Å². The van der Waals surface area contributed by atoms with E-state index in [0.717, 1.165) is 29.2 Å². The summed E-state index contributed by atoms with van der Waals surface area (Å²) in [6, 6.07) is 8.74. The van der Waals surface area contributed by atoms with Crippen molar-refractivity contribution in [1.29, 1.82) is 0 Å². The van der Waals surface area contributed by atoms with Crippen molar-refractivity contribution < 1.29 is 0 Å². The maximum Gasteiger partial charge on any atom is 0.161 e. The molecule has 4 rings (SSSR count). The second kappa shape index (κ2) is 6.16. The zero-order valence-corrected chi connectivity index (χ0v) is 17.9. The number of pyridine rings is 2. The standard InChI is InChI=1S/C23H29N5/c1-15-19(24-20-12-17(22(3,4)5)8-10-27(15)20)14-23(6,7)18-9-11-28-16(2)25-26-21(28)13-18/h8-13H,14H2,1-7H3. The molecule has 0 N–H and O–H groups in total. The van der Waals surface area contributed by atoms with Crippen LogP contribution in [0.2, 0.25) is 0 Å². The molecule has 0 spiro atoms. The summed E-state index contributed by atoms with van der Waals surface area (Å²) in [7, 11) is 0. The molecule has 0 unspecified atom stereocenters. The molecular weight excluding hydrogens is 346 g/mol. The maximum atomic E-state index is 4.99. The molecule has 146 valence electrons. The Kier molecular flexibility index (Phi) is 4.11. The quantitative estimate of drug-likeness (QED) is 0.516. The zero-order chi connectivity index (χ0) is 20.3. The van der Waals surface area contributed by atoms with Crippen molar-refractivity contribution in [3.05, 3.63) is 65.0 Å². The minimum Gasteiger partial charge on any atom is -0.304 e. The van der Waals surface area contributed by atoms with Crippen molar-refractivity contribution in [3.8, 4) is 0 Å². The van der Waals surface area contributed by atoms with Gasteiger partial charge in [-0.1, -0.05) is 34.6 Å². The maximum absolute atomic E-state index is 4.99. The highest BCUT2D eigenvalue weighted by atomic mass is 15.2. The molecule has 0 aromatic carbocycles. The van der Waals surface area contributed by atoms with Gasteiger partial charge in [0.1, 0.15) is 11.5 Å². The van der Waals surface area contributed by atoms with E-state index in [0.29, 0.717) is 0 Å². The molecule has 0 aliphatic carbocycles. The number of nitrogens with zero attached hydrogens (tertiary/aromatic N) is 5. The molecule has 0 saturated carbocycles. The van der Waals surface area contributed by atoms with Gasteiger partial charge in [-0.05, 0) is 60.1 Å². The van der Waals surface area contributed by atoms with E-state index >= 15 is 0 Å². The number of rotatable bonds is 3. The summed E-state index contributed by atoms with van der Waals surface area (Å²) in [5, 5.41) is 8.45. The molecule has 5 heteroatoms. The fourth-order valence-corrected chi connectivity index (χ4v) is 3.80. The van der Waals surface area contributed by atoms with E-state index in [9.17, 15) is 0 Å². The first-order valence-electron chi connectivity index (χ1n) is 9.86. The van der Waals surface area contributed by atoms with Crippen LogP contribution in [-0.2, 0) is 17.3 Å². The zero-order valence-electron chi connectivity index (χ0n) is 17.9. The molecule has 28 heavy (non-hydrogen) atoms. The highest BCUT2D eigenvalue weighted by molar-refractivity contribution is 5.48. The van der Waals surface area contributed by atoms with Crippen LogP contribution in [0, 0.1) is 13.8 Å².